The highest BCUT2D eigenvalue weighted by molar-refractivity contribution is 7.85. The summed E-state index contributed by atoms with van der Waals surface area (Å²) in [6.07, 6.45) is 2.08. The maximum absolute atomic E-state index is 10.9. The summed E-state index contributed by atoms with van der Waals surface area (Å²) in [5.41, 5.74) is 1.56. The van der Waals surface area contributed by atoms with Crippen molar-refractivity contribution in [3.05, 3.63) is 41.6 Å². The Kier molecular flexibility index (Phi) is 7.94. The number of carbonyl (C=O) groups excluding carboxylic acids is 1. The number of rotatable bonds is 4. The highest BCUT2D eigenvalue weighted by Gasteiger charge is 2.24. The minimum atomic E-state index is -3.67. The second kappa shape index (κ2) is 9.44. The van der Waals surface area contributed by atoms with Crippen molar-refractivity contribution in [3.8, 4) is 0 Å². The molecule has 7 nitrogen and oxygen atoms in total. The summed E-state index contributed by atoms with van der Waals surface area (Å²) in [6, 6.07) is 9.81. The first kappa shape index (κ1) is 19.3. The number of benzene rings is 1. The number of piperidine rings is 1. The van der Waals surface area contributed by atoms with Crippen LogP contribution in [-0.4, -0.2) is 48.5 Å². The Morgan fingerprint density at radius 1 is 1.35 bits per heavy atom. The van der Waals surface area contributed by atoms with Gasteiger partial charge in [-0.3, -0.25) is 9.39 Å². The molecule has 1 atom stereocenters. The van der Waals surface area contributed by atoms with Gasteiger partial charge in [0.1, 0.15) is 11.6 Å². The van der Waals surface area contributed by atoms with Gasteiger partial charge in [0.25, 0.3) is 10.1 Å². The third kappa shape index (κ3) is 8.49. The fourth-order valence-electron chi connectivity index (χ4n) is 2.03. The first-order valence-electron chi connectivity index (χ1n) is 7.05. The molecule has 0 bridgehead atoms. The molecule has 23 heavy (non-hydrogen) atoms. The molecule has 0 spiro atoms. The fraction of sp³-hybridized carbons (Fsp3) is 0.467. The SMILES string of the molecule is CS(=O)(=O)O.O=C=C1CC(CO)CCN1OCc1ccccc1. The van der Waals surface area contributed by atoms with E-state index in [2.05, 4.69) is 0 Å². The van der Waals surface area contributed by atoms with E-state index in [0.29, 0.717) is 31.5 Å². The van der Waals surface area contributed by atoms with E-state index >= 15 is 0 Å². The van der Waals surface area contributed by atoms with Crippen molar-refractivity contribution in [2.45, 2.75) is 19.4 Å². The van der Waals surface area contributed by atoms with Gasteiger partial charge < -0.3 is 5.11 Å². The summed E-state index contributed by atoms with van der Waals surface area (Å²) in [5, 5.41) is 10.7. The molecule has 1 heterocycles. The molecule has 1 aromatic carbocycles. The van der Waals surface area contributed by atoms with E-state index < -0.39 is 10.1 Å². The van der Waals surface area contributed by atoms with Crippen LogP contribution in [0.2, 0.25) is 0 Å². The summed E-state index contributed by atoms with van der Waals surface area (Å²) in [5.74, 6) is 2.06. The Labute approximate surface area is 135 Å². The van der Waals surface area contributed by atoms with Gasteiger partial charge in [0.2, 0.25) is 0 Å². The van der Waals surface area contributed by atoms with Crippen LogP contribution in [0.4, 0.5) is 0 Å². The minimum absolute atomic E-state index is 0.109. The third-order valence-electron chi connectivity index (χ3n) is 3.13. The number of hydrogen-bond donors (Lipinski definition) is 2. The first-order valence-corrected chi connectivity index (χ1v) is 8.90. The van der Waals surface area contributed by atoms with Crippen molar-refractivity contribution in [2.24, 2.45) is 5.92 Å². The van der Waals surface area contributed by atoms with Crippen LogP contribution in [0, 0.1) is 5.92 Å². The maximum atomic E-state index is 10.9. The van der Waals surface area contributed by atoms with Gasteiger partial charge >= 0.3 is 0 Å². The molecule has 2 N–H and O–H groups in total. The van der Waals surface area contributed by atoms with Crippen LogP contribution in [0.3, 0.4) is 0 Å². The van der Waals surface area contributed by atoms with Crippen LogP contribution in [0.1, 0.15) is 18.4 Å². The lowest BCUT2D eigenvalue weighted by atomic mass is 9.97. The molecule has 1 unspecified atom stereocenters. The molecule has 0 radical (unpaired) electrons. The second-order valence-corrected chi connectivity index (χ2v) is 6.65. The van der Waals surface area contributed by atoms with Gasteiger partial charge in [-0.25, -0.2) is 9.86 Å². The Morgan fingerprint density at radius 3 is 2.48 bits per heavy atom. The third-order valence-corrected chi connectivity index (χ3v) is 3.13. The molecule has 2 rings (SSSR count). The molecule has 1 aliphatic heterocycles. The highest BCUT2D eigenvalue weighted by atomic mass is 32.2. The number of hydrogen-bond acceptors (Lipinski definition) is 6. The van der Waals surface area contributed by atoms with Crippen LogP contribution in [0.25, 0.3) is 0 Å². The van der Waals surface area contributed by atoms with Gasteiger partial charge in [0.05, 0.1) is 12.9 Å². The number of allylic oxidation sites excluding steroid dienone is 1. The van der Waals surface area contributed by atoms with Crippen molar-refractivity contribution in [1.82, 2.24) is 5.06 Å². The Balaban J connectivity index is 0.000000463. The molecule has 0 aliphatic carbocycles. The predicted molar refractivity (Wildman–Crippen MR) is 84.4 cm³/mol. The average Bonchev–Trinajstić information content (AvgIpc) is 2.52. The van der Waals surface area contributed by atoms with Gasteiger partial charge in [-0.15, -0.1) is 0 Å². The van der Waals surface area contributed by atoms with Crippen molar-refractivity contribution in [2.75, 3.05) is 19.4 Å². The van der Waals surface area contributed by atoms with Gasteiger partial charge in [-0.05, 0) is 17.9 Å². The molecule has 0 saturated carbocycles. The van der Waals surface area contributed by atoms with E-state index in [1.165, 1.54) is 0 Å². The zero-order chi connectivity index (χ0) is 17.3. The second-order valence-electron chi connectivity index (χ2n) is 5.18. The summed E-state index contributed by atoms with van der Waals surface area (Å²) in [7, 11) is -3.67. The summed E-state index contributed by atoms with van der Waals surface area (Å²) >= 11 is 0. The Morgan fingerprint density at radius 2 is 1.96 bits per heavy atom. The molecule has 1 saturated heterocycles. The summed E-state index contributed by atoms with van der Waals surface area (Å²) < 4.78 is 25.9. The lowest BCUT2D eigenvalue weighted by molar-refractivity contribution is -0.156. The minimum Gasteiger partial charge on any atom is -0.396 e. The van der Waals surface area contributed by atoms with Crippen molar-refractivity contribution >= 4 is 16.1 Å². The van der Waals surface area contributed by atoms with Crippen molar-refractivity contribution in [3.63, 3.8) is 0 Å². The number of aliphatic hydroxyl groups is 1. The van der Waals surface area contributed by atoms with E-state index in [1.807, 2.05) is 36.3 Å². The lowest BCUT2D eigenvalue weighted by Crippen LogP contribution is -2.33. The van der Waals surface area contributed by atoms with E-state index in [1.54, 1.807) is 5.06 Å². The quantitative estimate of drug-likeness (QED) is 0.622. The first-order chi connectivity index (χ1) is 10.8. The van der Waals surface area contributed by atoms with Crippen LogP contribution in [0.15, 0.2) is 36.0 Å². The van der Waals surface area contributed by atoms with Gasteiger partial charge in [0, 0.05) is 19.6 Å². The zero-order valence-corrected chi connectivity index (χ0v) is 13.7. The molecule has 1 fully saturated rings. The van der Waals surface area contributed by atoms with Gasteiger partial charge in [0.15, 0.2) is 0 Å². The predicted octanol–water partition coefficient (Wildman–Crippen LogP) is 1.04. The highest BCUT2D eigenvalue weighted by Crippen LogP contribution is 2.24. The lowest BCUT2D eigenvalue weighted by Gasteiger charge is -2.31. The van der Waals surface area contributed by atoms with Crippen LogP contribution >= 0.6 is 0 Å². The smallest absolute Gasteiger partial charge is 0.261 e. The Hall–Kier alpha value is -1.70. The summed E-state index contributed by atoms with van der Waals surface area (Å²) in [4.78, 5) is 16.5. The van der Waals surface area contributed by atoms with Crippen LogP contribution in [0.5, 0.6) is 0 Å². The molecule has 0 amide bonds. The normalized spacial score (nSPS) is 18.0. The average molecular weight is 343 g/mol. The van der Waals surface area contributed by atoms with Crippen LogP contribution < -0.4 is 0 Å². The van der Waals surface area contributed by atoms with Crippen molar-refractivity contribution < 1.29 is 27.7 Å². The standard InChI is InChI=1S/C14H17NO3.CH4O3S/c16-9-13-6-7-15(14(8-13)10-17)18-11-12-4-2-1-3-5-12;1-5(2,3)4/h1-5,13,16H,6-9,11H2;1H3,(H,2,3,4). The van der Waals surface area contributed by atoms with E-state index in [-0.39, 0.29) is 12.5 Å². The topological polar surface area (TPSA) is 104 Å². The Bertz CT molecular complexity index is 617. The molecular weight excluding hydrogens is 322 g/mol. The molecule has 1 aliphatic rings. The van der Waals surface area contributed by atoms with Gasteiger partial charge in [-0.1, -0.05) is 30.3 Å². The van der Waals surface area contributed by atoms with E-state index in [9.17, 15) is 13.2 Å². The van der Waals surface area contributed by atoms with E-state index in [0.717, 1.165) is 12.0 Å². The number of nitrogens with zero attached hydrogens (tertiary/aromatic N) is 1. The van der Waals surface area contributed by atoms with E-state index in [4.69, 9.17) is 14.5 Å². The van der Waals surface area contributed by atoms with Crippen LogP contribution in [-0.2, 0) is 26.4 Å². The molecule has 8 heteroatoms. The molecule has 1 aromatic rings. The fourth-order valence-corrected chi connectivity index (χ4v) is 2.03. The molecular formula is C15H21NO6S. The van der Waals surface area contributed by atoms with Gasteiger partial charge in [-0.2, -0.15) is 8.42 Å². The largest absolute Gasteiger partial charge is 0.396 e. The molecule has 128 valence electrons. The number of hydroxylamine groups is 2. The number of aliphatic hydroxyl groups excluding tert-OH is 1. The maximum Gasteiger partial charge on any atom is 0.261 e. The molecule has 0 aromatic heterocycles. The monoisotopic (exact) mass is 343 g/mol. The van der Waals surface area contributed by atoms with Crippen molar-refractivity contribution in [1.29, 1.82) is 0 Å². The summed E-state index contributed by atoms with van der Waals surface area (Å²) in [6.45, 7) is 1.18. The zero-order valence-electron chi connectivity index (χ0n) is 12.9.